The fourth-order valence-corrected chi connectivity index (χ4v) is 2.47. The Morgan fingerprint density at radius 1 is 0.926 bits per heavy atom. The molecule has 0 bridgehead atoms. The summed E-state index contributed by atoms with van der Waals surface area (Å²) in [5, 5.41) is 5.72. The molecule has 0 spiro atoms. The quantitative estimate of drug-likeness (QED) is 0.645. The van der Waals surface area contributed by atoms with E-state index < -0.39 is 17.6 Å². The zero-order valence-electron chi connectivity index (χ0n) is 14.3. The van der Waals surface area contributed by atoms with Gasteiger partial charge in [-0.25, -0.2) is 0 Å². The number of halogens is 3. The van der Waals surface area contributed by atoms with Crippen molar-refractivity contribution in [1.82, 2.24) is 4.98 Å². The van der Waals surface area contributed by atoms with E-state index >= 15 is 0 Å². The minimum Gasteiger partial charge on any atom is -0.354 e. The van der Waals surface area contributed by atoms with E-state index in [1.165, 1.54) is 18.3 Å². The molecule has 27 heavy (non-hydrogen) atoms. The van der Waals surface area contributed by atoms with Crippen molar-refractivity contribution in [3.8, 4) is 0 Å². The summed E-state index contributed by atoms with van der Waals surface area (Å²) in [6, 6.07) is 13.6. The number of carbonyl (C=O) groups is 1. The van der Waals surface area contributed by atoms with Crippen LogP contribution in [0.2, 0.25) is 0 Å². The van der Waals surface area contributed by atoms with Gasteiger partial charge >= 0.3 is 6.18 Å². The molecule has 3 rings (SSSR count). The van der Waals surface area contributed by atoms with Gasteiger partial charge in [-0.05, 0) is 55.0 Å². The molecule has 0 radical (unpaired) electrons. The summed E-state index contributed by atoms with van der Waals surface area (Å²) in [6.45, 7) is 1.97. The lowest BCUT2D eigenvalue weighted by Crippen LogP contribution is -2.13. The van der Waals surface area contributed by atoms with Gasteiger partial charge in [0.1, 0.15) is 0 Å². The van der Waals surface area contributed by atoms with Crippen LogP contribution in [0.5, 0.6) is 0 Å². The molecular formula is C20H16F3N3O. The van der Waals surface area contributed by atoms with E-state index in [0.29, 0.717) is 5.69 Å². The lowest BCUT2D eigenvalue weighted by Gasteiger charge is -2.10. The Hall–Kier alpha value is -3.35. The number of nitrogens with one attached hydrogen (secondary N) is 2. The molecule has 0 aliphatic heterocycles. The van der Waals surface area contributed by atoms with Crippen molar-refractivity contribution in [1.29, 1.82) is 0 Å². The van der Waals surface area contributed by atoms with Crippen molar-refractivity contribution in [3.05, 3.63) is 83.7 Å². The Labute approximate surface area is 154 Å². The van der Waals surface area contributed by atoms with Crippen molar-refractivity contribution in [2.75, 3.05) is 10.6 Å². The smallest absolute Gasteiger partial charge is 0.354 e. The van der Waals surface area contributed by atoms with Gasteiger partial charge in [0.05, 0.1) is 23.0 Å². The summed E-state index contributed by atoms with van der Waals surface area (Å²) in [7, 11) is 0. The SMILES string of the molecule is Cc1cccc(Nc2cncc(C(=O)Nc3ccc(C(F)(F)F)cc3)c2)c1. The van der Waals surface area contributed by atoms with Gasteiger partial charge in [-0.2, -0.15) is 13.2 Å². The molecule has 1 amide bonds. The number of hydrogen-bond donors (Lipinski definition) is 2. The Morgan fingerprint density at radius 2 is 1.67 bits per heavy atom. The number of alkyl halides is 3. The number of nitrogens with zero attached hydrogens (tertiary/aromatic N) is 1. The van der Waals surface area contributed by atoms with Crippen LogP contribution < -0.4 is 10.6 Å². The molecule has 2 N–H and O–H groups in total. The number of carbonyl (C=O) groups excluding carboxylic acids is 1. The maximum atomic E-state index is 12.6. The van der Waals surface area contributed by atoms with Crippen molar-refractivity contribution in [3.63, 3.8) is 0 Å². The summed E-state index contributed by atoms with van der Waals surface area (Å²) < 4.78 is 37.8. The first kappa shape index (κ1) is 18.4. The number of hydrogen-bond acceptors (Lipinski definition) is 3. The molecule has 0 aliphatic rings. The van der Waals surface area contributed by atoms with Crippen LogP contribution in [0.1, 0.15) is 21.5 Å². The number of pyridine rings is 1. The molecule has 0 atom stereocenters. The Bertz CT molecular complexity index is 953. The summed E-state index contributed by atoms with van der Waals surface area (Å²) >= 11 is 0. The highest BCUT2D eigenvalue weighted by molar-refractivity contribution is 6.04. The average Bonchev–Trinajstić information content (AvgIpc) is 2.62. The van der Waals surface area contributed by atoms with E-state index in [1.807, 2.05) is 31.2 Å². The second-order valence-corrected chi connectivity index (χ2v) is 5.99. The number of aryl methyl sites for hydroxylation is 1. The molecule has 0 saturated heterocycles. The number of anilines is 3. The number of amides is 1. The number of aromatic nitrogens is 1. The maximum Gasteiger partial charge on any atom is 0.416 e. The molecule has 7 heteroatoms. The van der Waals surface area contributed by atoms with Crippen LogP contribution in [-0.4, -0.2) is 10.9 Å². The fourth-order valence-electron chi connectivity index (χ4n) is 2.47. The van der Waals surface area contributed by atoms with Crippen molar-refractivity contribution >= 4 is 23.0 Å². The Kier molecular flexibility index (Phi) is 5.12. The van der Waals surface area contributed by atoms with E-state index in [-0.39, 0.29) is 11.3 Å². The lowest BCUT2D eigenvalue weighted by atomic mass is 10.2. The van der Waals surface area contributed by atoms with Crippen LogP contribution in [0, 0.1) is 6.92 Å². The van der Waals surface area contributed by atoms with E-state index in [0.717, 1.165) is 23.4 Å². The highest BCUT2D eigenvalue weighted by Gasteiger charge is 2.30. The molecule has 0 unspecified atom stereocenters. The Morgan fingerprint density at radius 3 is 2.33 bits per heavy atom. The van der Waals surface area contributed by atoms with E-state index in [4.69, 9.17) is 0 Å². The van der Waals surface area contributed by atoms with E-state index in [1.54, 1.807) is 12.3 Å². The molecule has 3 aromatic rings. The highest BCUT2D eigenvalue weighted by Crippen LogP contribution is 2.30. The first-order valence-corrected chi connectivity index (χ1v) is 8.08. The van der Waals surface area contributed by atoms with Crippen LogP contribution in [-0.2, 0) is 6.18 Å². The molecular weight excluding hydrogens is 355 g/mol. The monoisotopic (exact) mass is 371 g/mol. The van der Waals surface area contributed by atoms with Gasteiger partial charge < -0.3 is 10.6 Å². The normalized spacial score (nSPS) is 11.1. The topological polar surface area (TPSA) is 54.0 Å². The third-order valence-corrected chi connectivity index (χ3v) is 3.78. The van der Waals surface area contributed by atoms with Gasteiger partial charge in [0.15, 0.2) is 0 Å². The van der Waals surface area contributed by atoms with Gasteiger partial charge in [-0.1, -0.05) is 12.1 Å². The van der Waals surface area contributed by atoms with Crippen molar-refractivity contribution in [2.45, 2.75) is 13.1 Å². The van der Waals surface area contributed by atoms with E-state index in [9.17, 15) is 18.0 Å². The van der Waals surface area contributed by atoms with Crippen LogP contribution >= 0.6 is 0 Å². The highest BCUT2D eigenvalue weighted by atomic mass is 19.4. The van der Waals surface area contributed by atoms with Crippen LogP contribution in [0.15, 0.2) is 67.0 Å². The second kappa shape index (κ2) is 7.49. The molecule has 2 aromatic carbocycles. The molecule has 0 saturated carbocycles. The minimum atomic E-state index is -4.41. The summed E-state index contributed by atoms with van der Waals surface area (Å²) in [6.07, 6.45) is -1.44. The molecule has 1 aromatic heterocycles. The van der Waals surface area contributed by atoms with Gasteiger partial charge in [0.25, 0.3) is 5.91 Å². The molecule has 0 fully saturated rings. The maximum absolute atomic E-state index is 12.6. The summed E-state index contributed by atoms with van der Waals surface area (Å²) in [5.74, 6) is -0.463. The third kappa shape index (κ3) is 4.84. The van der Waals surface area contributed by atoms with Crippen LogP contribution in [0.4, 0.5) is 30.2 Å². The lowest BCUT2D eigenvalue weighted by molar-refractivity contribution is -0.137. The number of rotatable bonds is 4. The molecule has 4 nitrogen and oxygen atoms in total. The zero-order valence-corrected chi connectivity index (χ0v) is 14.3. The second-order valence-electron chi connectivity index (χ2n) is 5.99. The average molecular weight is 371 g/mol. The predicted molar refractivity (Wildman–Crippen MR) is 98.1 cm³/mol. The fraction of sp³-hybridized carbons (Fsp3) is 0.100. The zero-order chi connectivity index (χ0) is 19.4. The minimum absolute atomic E-state index is 0.269. The molecule has 138 valence electrons. The Balaban J connectivity index is 1.72. The van der Waals surface area contributed by atoms with Crippen molar-refractivity contribution in [2.24, 2.45) is 0 Å². The standard InChI is InChI=1S/C20H16F3N3O/c1-13-3-2-4-17(9-13)25-18-10-14(11-24-12-18)19(27)26-16-7-5-15(6-8-16)20(21,22)23/h2-12,25H,1H3,(H,26,27). The first-order chi connectivity index (χ1) is 12.8. The van der Waals surface area contributed by atoms with Crippen LogP contribution in [0.3, 0.4) is 0 Å². The van der Waals surface area contributed by atoms with Crippen LogP contribution in [0.25, 0.3) is 0 Å². The number of benzene rings is 2. The van der Waals surface area contributed by atoms with Gasteiger partial charge in [-0.15, -0.1) is 0 Å². The first-order valence-electron chi connectivity index (χ1n) is 8.08. The van der Waals surface area contributed by atoms with Gasteiger partial charge in [0, 0.05) is 17.6 Å². The van der Waals surface area contributed by atoms with Gasteiger partial charge in [0.2, 0.25) is 0 Å². The van der Waals surface area contributed by atoms with E-state index in [2.05, 4.69) is 15.6 Å². The summed E-state index contributed by atoms with van der Waals surface area (Å²) in [4.78, 5) is 16.4. The molecule has 1 heterocycles. The third-order valence-electron chi connectivity index (χ3n) is 3.78. The largest absolute Gasteiger partial charge is 0.416 e. The van der Waals surface area contributed by atoms with Crippen molar-refractivity contribution < 1.29 is 18.0 Å². The van der Waals surface area contributed by atoms with Gasteiger partial charge in [-0.3, -0.25) is 9.78 Å². The summed E-state index contributed by atoms with van der Waals surface area (Å²) in [5.41, 5.74) is 2.35. The molecule has 0 aliphatic carbocycles. The predicted octanol–water partition coefficient (Wildman–Crippen LogP) is 5.40.